The standard InChI is InChI=1S/C14H16N2O2.C4H6O6/c17-13-11-7-4-8-15-12(11)14(18)16(13)9-10-5-2-1-3-6-10;5-1(3(7)8)2(6)4(9)10/h1-3,5-6,11-12,15H,4,7-9H2;1-2,5-6H,(H,7,8)(H,9,10)/t;1-,2-/m.1/s1. The molecule has 2 saturated heterocycles. The third kappa shape index (κ3) is 4.91. The fraction of sp³-hybridized carbons (Fsp3) is 0.444. The molecule has 2 heterocycles. The number of likely N-dealkylation sites (tertiary alicyclic amines) is 1. The number of carbonyl (C=O) groups is 4. The number of fused-ring (bicyclic) bond motifs is 1. The van der Waals surface area contributed by atoms with Gasteiger partial charge in [-0.05, 0) is 24.9 Å². The summed E-state index contributed by atoms with van der Waals surface area (Å²) in [5, 5.41) is 35.7. The van der Waals surface area contributed by atoms with E-state index in [0.717, 1.165) is 24.9 Å². The fourth-order valence-corrected chi connectivity index (χ4v) is 3.08. The van der Waals surface area contributed by atoms with E-state index < -0.39 is 24.1 Å². The molecule has 2 unspecified atom stereocenters. The van der Waals surface area contributed by atoms with E-state index in [1.165, 1.54) is 4.90 Å². The second-order valence-electron chi connectivity index (χ2n) is 6.49. The first-order valence-electron chi connectivity index (χ1n) is 8.68. The van der Waals surface area contributed by atoms with Crippen LogP contribution in [0.3, 0.4) is 0 Å². The molecule has 1 aromatic rings. The zero-order valence-electron chi connectivity index (χ0n) is 14.9. The number of piperidine rings is 1. The van der Waals surface area contributed by atoms with Crippen molar-refractivity contribution in [2.45, 2.75) is 37.6 Å². The van der Waals surface area contributed by atoms with Crippen molar-refractivity contribution in [3.8, 4) is 0 Å². The summed E-state index contributed by atoms with van der Waals surface area (Å²) >= 11 is 0. The first kappa shape index (κ1) is 21.5. The van der Waals surface area contributed by atoms with Crippen LogP contribution in [0.1, 0.15) is 18.4 Å². The Labute approximate surface area is 160 Å². The number of nitrogens with one attached hydrogen (secondary N) is 1. The van der Waals surface area contributed by atoms with Crippen LogP contribution in [-0.2, 0) is 25.7 Å². The summed E-state index contributed by atoms with van der Waals surface area (Å²) in [5.41, 5.74) is 0.998. The van der Waals surface area contributed by atoms with Crippen molar-refractivity contribution in [2.24, 2.45) is 5.92 Å². The minimum atomic E-state index is -2.27. The van der Waals surface area contributed by atoms with Crippen molar-refractivity contribution in [1.29, 1.82) is 0 Å². The Kier molecular flexibility index (Phi) is 7.21. The SMILES string of the molecule is O=C(O)[C@H](O)[C@@H](O)C(=O)O.O=C1C2CCCNC2C(=O)N1Cc1ccccc1. The van der Waals surface area contributed by atoms with Crippen LogP contribution in [0.2, 0.25) is 0 Å². The van der Waals surface area contributed by atoms with E-state index in [1.54, 1.807) is 0 Å². The van der Waals surface area contributed by atoms with Crippen LogP contribution in [0.5, 0.6) is 0 Å². The number of rotatable bonds is 5. The third-order valence-corrected chi connectivity index (χ3v) is 4.56. The molecule has 5 N–H and O–H groups in total. The van der Waals surface area contributed by atoms with Gasteiger partial charge >= 0.3 is 11.9 Å². The molecule has 3 rings (SSSR count). The summed E-state index contributed by atoms with van der Waals surface area (Å²) in [6.07, 6.45) is -2.73. The quantitative estimate of drug-likeness (QED) is 0.386. The van der Waals surface area contributed by atoms with Gasteiger partial charge in [0.1, 0.15) is 0 Å². The van der Waals surface area contributed by atoms with Gasteiger partial charge in [0.25, 0.3) is 0 Å². The van der Waals surface area contributed by atoms with Gasteiger partial charge in [-0.3, -0.25) is 14.5 Å². The molecule has 0 aliphatic carbocycles. The summed E-state index contributed by atoms with van der Waals surface area (Å²) in [5.74, 6) is -3.76. The highest BCUT2D eigenvalue weighted by molar-refractivity contribution is 6.07. The van der Waals surface area contributed by atoms with Gasteiger partial charge in [-0.2, -0.15) is 0 Å². The fourth-order valence-electron chi connectivity index (χ4n) is 3.08. The van der Waals surface area contributed by atoms with Crippen LogP contribution >= 0.6 is 0 Å². The van der Waals surface area contributed by atoms with E-state index >= 15 is 0 Å². The molecule has 0 aromatic heterocycles. The smallest absolute Gasteiger partial charge is 0.335 e. The number of benzene rings is 1. The van der Waals surface area contributed by atoms with Crippen LogP contribution in [0.15, 0.2) is 30.3 Å². The van der Waals surface area contributed by atoms with Crippen LogP contribution in [0.25, 0.3) is 0 Å². The van der Waals surface area contributed by atoms with Crippen LogP contribution in [0, 0.1) is 5.92 Å². The lowest BCUT2D eigenvalue weighted by Gasteiger charge is -2.21. The number of nitrogens with zero attached hydrogens (tertiary/aromatic N) is 1. The maximum atomic E-state index is 12.2. The molecule has 28 heavy (non-hydrogen) atoms. The number of carbonyl (C=O) groups excluding carboxylic acids is 2. The lowest BCUT2D eigenvalue weighted by Crippen LogP contribution is -2.44. The second kappa shape index (κ2) is 9.40. The summed E-state index contributed by atoms with van der Waals surface area (Å²) in [7, 11) is 0. The molecule has 0 bridgehead atoms. The van der Waals surface area contributed by atoms with Crippen LogP contribution in [-0.4, -0.2) is 73.9 Å². The zero-order chi connectivity index (χ0) is 20.8. The Balaban J connectivity index is 0.000000242. The zero-order valence-corrected chi connectivity index (χ0v) is 14.9. The second-order valence-corrected chi connectivity index (χ2v) is 6.49. The third-order valence-electron chi connectivity index (χ3n) is 4.56. The Bertz CT molecular complexity index is 696. The average Bonchev–Trinajstić information content (AvgIpc) is 2.93. The number of hydrogen-bond donors (Lipinski definition) is 5. The van der Waals surface area contributed by atoms with Crippen molar-refractivity contribution in [3.63, 3.8) is 0 Å². The highest BCUT2D eigenvalue weighted by Gasteiger charge is 2.48. The van der Waals surface area contributed by atoms with E-state index in [1.807, 2.05) is 30.3 Å². The number of imide groups is 1. The Morgan fingerprint density at radius 3 is 2.11 bits per heavy atom. The Morgan fingerprint density at radius 2 is 1.61 bits per heavy atom. The molecule has 2 fully saturated rings. The first-order chi connectivity index (χ1) is 13.2. The molecule has 2 aliphatic heterocycles. The van der Waals surface area contributed by atoms with Crippen molar-refractivity contribution >= 4 is 23.8 Å². The van der Waals surface area contributed by atoms with E-state index in [2.05, 4.69) is 5.32 Å². The average molecular weight is 394 g/mol. The van der Waals surface area contributed by atoms with Gasteiger partial charge in [-0.15, -0.1) is 0 Å². The minimum Gasteiger partial charge on any atom is -0.479 e. The number of aliphatic carboxylic acids is 2. The normalized spacial score (nSPS) is 23.3. The monoisotopic (exact) mass is 394 g/mol. The molecule has 0 radical (unpaired) electrons. The van der Waals surface area contributed by atoms with Gasteiger partial charge in [-0.1, -0.05) is 30.3 Å². The molecule has 10 nitrogen and oxygen atoms in total. The van der Waals surface area contributed by atoms with Gasteiger partial charge < -0.3 is 25.7 Å². The Hall–Kier alpha value is -2.82. The maximum Gasteiger partial charge on any atom is 0.335 e. The van der Waals surface area contributed by atoms with E-state index in [4.69, 9.17) is 20.4 Å². The molecular formula is C18H22N2O8. The summed E-state index contributed by atoms with van der Waals surface area (Å²) in [6, 6.07) is 9.37. The molecular weight excluding hydrogens is 372 g/mol. The van der Waals surface area contributed by atoms with Gasteiger partial charge in [0.05, 0.1) is 18.5 Å². The first-order valence-corrected chi connectivity index (χ1v) is 8.68. The molecule has 0 saturated carbocycles. The van der Waals surface area contributed by atoms with Gasteiger partial charge in [0.2, 0.25) is 11.8 Å². The number of carboxylic acid groups (broad SMARTS) is 2. The number of aliphatic hydroxyl groups excluding tert-OH is 2. The predicted octanol–water partition coefficient (Wildman–Crippen LogP) is -1.20. The topological polar surface area (TPSA) is 164 Å². The Morgan fingerprint density at radius 1 is 1.04 bits per heavy atom. The van der Waals surface area contributed by atoms with Crippen LogP contribution in [0.4, 0.5) is 0 Å². The number of aliphatic hydroxyl groups is 2. The van der Waals surface area contributed by atoms with Crippen molar-refractivity contribution in [3.05, 3.63) is 35.9 Å². The lowest BCUT2D eigenvalue weighted by molar-refractivity contribution is -0.165. The van der Waals surface area contributed by atoms with Crippen LogP contribution < -0.4 is 5.32 Å². The van der Waals surface area contributed by atoms with E-state index in [0.29, 0.717) is 6.54 Å². The minimum absolute atomic E-state index is 0.0129. The van der Waals surface area contributed by atoms with Crippen molar-refractivity contribution < 1.29 is 39.6 Å². The molecule has 4 atom stereocenters. The largest absolute Gasteiger partial charge is 0.479 e. The van der Waals surface area contributed by atoms with E-state index in [9.17, 15) is 19.2 Å². The molecule has 1 aromatic carbocycles. The molecule has 2 amide bonds. The highest BCUT2D eigenvalue weighted by atomic mass is 16.4. The van der Waals surface area contributed by atoms with Crippen molar-refractivity contribution in [2.75, 3.05) is 6.54 Å². The number of carboxylic acids is 2. The summed E-state index contributed by atoms with van der Waals surface area (Å²) in [6.45, 7) is 1.23. The van der Waals surface area contributed by atoms with Gasteiger partial charge in [0, 0.05) is 0 Å². The molecule has 152 valence electrons. The maximum absolute atomic E-state index is 12.2. The molecule has 0 spiro atoms. The molecule has 10 heteroatoms. The summed E-state index contributed by atoms with van der Waals surface area (Å²) in [4.78, 5) is 45.4. The summed E-state index contributed by atoms with van der Waals surface area (Å²) < 4.78 is 0. The van der Waals surface area contributed by atoms with Gasteiger partial charge in [-0.25, -0.2) is 9.59 Å². The lowest BCUT2D eigenvalue weighted by atomic mass is 9.93. The molecule has 2 aliphatic rings. The highest BCUT2D eigenvalue weighted by Crippen LogP contribution is 2.28. The number of amides is 2. The number of hydrogen-bond acceptors (Lipinski definition) is 7. The van der Waals surface area contributed by atoms with E-state index in [-0.39, 0.29) is 23.8 Å². The van der Waals surface area contributed by atoms with Crippen molar-refractivity contribution in [1.82, 2.24) is 10.2 Å². The predicted molar refractivity (Wildman–Crippen MR) is 93.8 cm³/mol. The van der Waals surface area contributed by atoms with Gasteiger partial charge in [0.15, 0.2) is 12.2 Å².